The molecule has 3 aromatic rings. The number of para-hydroxylation sites is 1. The zero-order valence-electron chi connectivity index (χ0n) is 26.5. The zero-order chi connectivity index (χ0) is 32.4. The lowest BCUT2D eigenvalue weighted by Gasteiger charge is -2.26. The van der Waals surface area contributed by atoms with Gasteiger partial charge < -0.3 is 25.0 Å². The first-order valence-corrected chi connectivity index (χ1v) is 15.5. The minimum atomic E-state index is -1.02. The van der Waals surface area contributed by atoms with Gasteiger partial charge in [0.1, 0.15) is 23.6 Å². The van der Waals surface area contributed by atoms with Gasteiger partial charge in [-0.15, -0.1) is 0 Å². The minimum absolute atomic E-state index is 0.0911. The lowest BCUT2D eigenvalue weighted by molar-refractivity contribution is -0.139. The number of amides is 3. The van der Waals surface area contributed by atoms with Gasteiger partial charge in [0, 0.05) is 12.0 Å². The monoisotopic (exact) mass is 613 g/mol. The fourth-order valence-corrected chi connectivity index (χ4v) is 5.36. The standard InChI is InChI=1S/C36H43N3O6/c1-5-6-20-30(33(41)34(42)37-25(2)27-15-9-7-10-16-27)38-35(43)45-31-23-39(24-36(31,3)4)32(40)22-26-14-13-19-29(21-26)44-28-17-11-8-12-18-28/h7-19,21,25,30-31H,5-6,20,22-24H2,1-4H3,(H,37,42)(H,38,43)/t25-,30+,31-/m1/s1. The Labute approximate surface area is 265 Å². The van der Waals surface area contributed by atoms with Crippen molar-refractivity contribution in [1.82, 2.24) is 15.5 Å². The van der Waals surface area contributed by atoms with Crippen LogP contribution < -0.4 is 15.4 Å². The summed E-state index contributed by atoms with van der Waals surface area (Å²) in [6.07, 6.45) is 0.535. The number of benzene rings is 3. The van der Waals surface area contributed by atoms with Crippen LogP contribution in [-0.4, -0.2) is 53.8 Å². The van der Waals surface area contributed by atoms with E-state index in [9.17, 15) is 19.2 Å². The Balaban J connectivity index is 1.33. The maximum Gasteiger partial charge on any atom is 0.408 e. The number of hydrogen-bond donors (Lipinski definition) is 2. The van der Waals surface area contributed by atoms with Crippen LogP contribution in [0.25, 0.3) is 0 Å². The summed E-state index contributed by atoms with van der Waals surface area (Å²) in [6, 6.07) is 24.8. The molecule has 0 bridgehead atoms. The second-order valence-electron chi connectivity index (χ2n) is 12.2. The van der Waals surface area contributed by atoms with E-state index in [1.165, 1.54) is 0 Å². The van der Waals surface area contributed by atoms with Crippen molar-refractivity contribution in [1.29, 1.82) is 0 Å². The summed E-state index contributed by atoms with van der Waals surface area (Å²) in [4.78, 5) is 54.0. The molecule has 0 unspecified atom stereocenters. The van der Waals surface area contributed by atoms with Crippen molar-refractivity contribution in [2.24, 2.45) is 5.41 Å². The summed E-state index contributed by atoms with van der Waals surface area (Å²) >= 11 is 0. The largest absolute Gasteiger partial charge is 0.457 e. The van der Waals surface area contributed by atoms with E-state index < -0.39 is 35.3 Å². The van der Waals surface area contributed by atoms with E-state index in [-0.39, 0.29) is 24.9 Å². The second kappa shape index (κ2) is 15.4. The Kier molecular flexibility index (Phi) is 11.4. The molecule has 4 rings (SSSR count). The number of carbonyl (C=O) groups excluding carboxylic acids is 4. The number of hydrogen-bond acceptors (Lipinski definition) is 6. The van der Waals surface area contributed by atoms with Crippen molar-refractivity contribution >= 4 is 23.7 Å². The number of likely N-dealkylation sites (tertiary alicyclic amines) is 1. The van der Waals surface area contributed by atoms with Crippen molar-refractivity contribution < 1.29 is 28.7 Å². The highest BCUT2D eigenvalue weighted by Crippen LogP contribution is 2.33. The van der Waals surface area contributed by atoms with E-state index in [0.29, 0.717) is 30.9 Å². The van der Waals surface area contributed by atoms with Gasteiger partial charge in [-0.05, 0) is 48.7 Å². The number of rotatable bonds is 13. The van der Waals surface area contributed by atoms with Gasteiger partial charge in [-0.2, -0.15) is 0 Å². The number of alkyl carbamates (subject to hydrolysis) is 1. The summed E-state index contributed by atoms with van der Waals surface area (Å²) in [6.45, 7) is 8.27. The van der Waals surface area contributed by atoms with E-state index in [1.807, 2.05) is 106 Å². The number of ketones is 1. The fourth-order valence-electron chi connectivity index (χ4n) is 5.36. The summed E-state index contributed by atoms with van der Waals surface area (Å²) in [5, 5.41) is 5.36. The van der Waals surface area contributed by atoms with Crippen molar-refractivity contribution in [2.75, 3.05) is 13.1 Å². The normalized spacial score (nSPS) is 16.7. The smallest absolute Gasteiger partial charge is 0.408 e. The zero-order valence-corrected chi connectivity index (χ0v) is 26.5. The quantitative estimate of drug-likeness (QED) is 0.229. The van der Waals surface area contributed by atoms with E-state index in [4.69, 9.17) is 9.47 Å². The lowest BCUT2D eigenvalue weighted by atomic mass is 9.90. The molecule has 0 aliphatic carbocycles. The number of unbranched alkanes of at least 4 members (excludes halogenated alkanes) is 1. The van der Waals surface area contributed by atoms with Crippen LogP contribution in [0.5, 0.6) is 11.5 Å². The summed E-state index contributed by atoms with van der Waals surface area (Å²) in [7, 11) is 0. The maximum absolute atomic E-state index is 13.3. The fraction of sp³-hybridized carbons (Fsp3) is 0.389. The molecular weight excluding hydrogens is 570 g/mol. The third kappa shape index (κ3) is 9.41. The number of nitrogens with one attached hydrogen (secondary N) is 2. The van der Waals surface area contributed by atoms with Gasteiger partial charge in [0.2, 0.25) is 11.7 Å². The summed E-state index contributed by atoms with van der Waals surface area (Å²) in [5.74, 6) is -0.220. The molecule has 1 aliphatic heterocycles. The third-order valence-corrected chi connectivity index (χ3v) is 8.02. The van der Waals surface area contributed by atoms with Crippen LogP contribution in [0.1, 0.15) is 64.1 Å². The highest BCUT2D eigenvalue weighted by molar-refractivity contribution is 6.38. The van der Waals surface area contributed by atoms with Crippen LogP contribution in [-0.2, 0) is 25.5 Å². The van der Waals surface area contributed by atoms with Crippen LogP contribution in [0.4, 0.5) is 4.79 Å². The average molecular weight is 614 g/mol. The molecule has 9 nitrogen and oxygen atoms in total. The molecule has 1 aliphatic rings. The first-order valence-electron chi connectivity index (χ1n) is 15.5. The van der Waals surface area contributed by atoms with E-state index >= 15 is 0 Å². The van der Waals surface area contributed by atoms with Crippen LogP contribution in [0, 0.1) is 5.41 Å². The Hall–Kier alpha value is -4.66. The molecule has 238 valence electrons. The maximum atomic E-state index is 13.3. The van der Waals surface area contributed by atoms with Crippen LogP contribution in [0.15, 0.2) is 84.9 Å². The third-order valence-electron chi connectivity index (χ3n) is 8.02. The van der Waals surface area contributed by atoms with Gasteiger partial charge >= 0.3 is 6.09 Å². The molecule has 9 heteroatoms. The number of carbonyl (C=O) groups is 4. The van der Waals surface area contributed by atoms with Gasteiger partial charge in [0.25, 0.3) is 5.91 Å². The Morgan fingerprint density at radius 3 is 2.27 bits per heavy atom. The molecule has 0 spiro atoms. The highest BCUT2D eigenvalue weighted by atomic mass is 16.6. The number of ether oxygens (including phenoxy) is 2. The van der Waals surface area contributed by atoms with Crippen LogP contribution in [0.3, 0.4) is 0 Å². The van der Waals surface area contributed by atoms with Crippen molar-refractivity contribution in [3.05, 3.63) is 96.1 Å². The molecule has 1 heterocycles. The minimum Gasteiger partial charge on any atom is -0.457 e. The average Bonchev–Trinajstić information content (AvgIpc) is 3.33. The predicted octanol–water partition coefficient (Wildman–Crippen LogP) is 5.99. The van der Waals surface area contributed by atoms with E-state index in [2.05, 4.69) is 10.6 Å². The first kappa shape index (κ1) is 33.2. The first-order chi connectivity index (χ1) is 21.6. The highest BCUT2D eigenvalue weighted by Gasteiger charge is 2.44. The van der Waals surface area contributed by atoms with Crippen LogP contribution >= 0.6 is 0 Å². The molecule has 45 heavy (non-hydrogen) atoms. The molecule has 0 radical (unpaired) electrons. The summed E-state index contributed by atoms with van der Waals surface area (Å²) in [5.41, 5.74) is 1.16. The molecule has 2 N–H and O–H groups in total. The molecular formula is C36H43N3O6. The lowest BCUT2D eigenvalue weighted by Crippen LogP contribution is -2.49. The van der Waals surface area contributed by atoms with Crippen molar-refractivity contribution in [2.45, 2.75) is 71.6 Å². The number of nitrogens with zero attached hydrogens (tertiary/aromatic N) is 1. The van der Waals surface area contributed by atoms with Crippen LogP contribution in [0.2, 0.25) is 0 Å². The molecule has 0 aromatic heterocycles. The molecule has 3 atom stereocenters. The molecule has 3 aromatic carbocycles. The SMILES string of the molecule is CCCC[C@H](NC(=O)O[C@@H]1CN(C(=O)Cc2cccc(Oc3ccccc3)c2)CC1(C)C)C(=O)C(=O)N[C@H](C)c1ccccc1. The van der Waals surface area contributed by atoms with E-state index in [1.54, 1.807) is 11.8 Å². The Bertz CT molecular complexity index is 1460. The van der Waals surface area contributed by atoms with Gasteiger partial charge in [-0.1, -0.05) is 94.3 Å². The van der Waals surface area contributed by atoms with Gasteiger partial charge in [0.15, 0.2) is 0 Å². The molecule has 1 fully saturated rings. The Morgan fingerprint density at radius 1 is 0.911 bits per heavy atom. The predicted molar refractivity (Wildman–Crippen MR) is 172 cm³/mol. The van der Waals surface area contributed by atoms with E-state index in [0.717, 1.165) is 17.5 Å². The second-order valence-corrected chi connectivity index (χ2v) is 12.2. The van der Waals surface area contributed by atoms with Gasteiger partial charge in [-0.25, -0.2) is 4.79 Å². The van der Waals surface area contributed by atoms with Gasteiger partial charge in [-0.3, -0.25) is 14.4 Å². The van der Waals surface area contributed by atoms with Crippen molar-refractivity contribution in [3.8, 4) is 11.5 Å². The summed E-state index contributed by atoms with van der Waals surface area (Å²) < 4.78 is 11.7. The topological polar surface area (TPSA) is 114 Å². The molecule has 3 amide bonds. The van der Waals surface area contributed by atoms with Crippen molar-refractivity contribution in [3.63, 3.8) is 0 Å². The number of Topliss-reactive ketones (excluding diaryl/α,β-unsaturated/α-hetero) is 1. The molecule has 0 saturated carbocycles. The van der Waals surface area contributed by atoms with Gasteiger partial charge in [0.05, 0.1) is 19.0 Å². The molecule has 1 saturated heterocycles. The Morgan fingerprint density at radius 2 is 1.58 bits per heavy atom.